The highest BCUT2D eigenvalue weighted by Gasteiger charge is 2.17. The van der Waals surface area contributed by atoms with Crippen molar-refractivity contribution in [3.05, 3.63) is 88.7 Å². The third-order valence-corrected chi connectivity index (χ3v) is 4.36. The van der Waals surface area contributed by atoms with Crippen LogP contribution in [0.5, 0.6) is 0 Å². The van der Waals surface area contributed by atoms with E-state index in [1.54, 1.807) is 60.7 Å². The molecule has 3 nitrogen and oxygen atoms in total. The first-order valence-electron chi connectivity index (χ1n) is 8.39. The maximum absolute atomic E-state index is 15.0. The predicted molar refractivity (Wildman–Crippen MR) is 106 cm³/mol. The van der Waals surface area contributed by atoms with Gasteiger partial charge in [-0.05, 0) is 42.3 Å². The van der Waals surface area contributed by atoms with Gasteiger partial charge in [0.1, 0.15) is 11.6 Å². The number of Topliss-reactive ketones (excluding diaryl/α,β-unsaturated/α-hetero) is 1. The molecule has 0 radical (unpaired) electrons. The van der Waals surface area contributed by atoms with Gasteiger partial charge < -0.3 is 5.32 Å². The molecule has 1 amide bonds. The Hall–Kier alpha value is -2.98. The zero-order valence-corrected chi connectivity index (χ0v) is 15.4. The number of carbonyl (C=O) groups is 2. The fourth-order valence-electron chi connectivity index (χ4n) is 2.81. The summed E-state index contributed by atoms with van der Waals surface area (Å²) in [5, 5.41) is 3.26. The molecule has 3 aromatic rings. The van der Waals surface area contributed by atoms with E-state index in [1.165, 1.54) is 13.0 Å². The van der Waals surface area contributed by atoms with Crippen LogP contribution in [0.2, 0.25) is 5.02 Å². The Balaban J connectivity index is 1.91. The number of hydrogen-bond donors (Lipinski definition) is 1. The minimum absolute atomic E-state index is 0.0207. The number of anilines is 1. The van der Waals surface area contributed by atoms with Gasteiger partial charge in [-0.3, -0.25) is 9.59 Å². The van der Waals surface area contributed by atoms with E-state index in [4.69, 9.17) is 11.6 Å². The molecule has 0 bridgehead atoms. The van der Waals surface area contributed by atoms with E-state index in [9.17, 15) is 14.0 Å². The summed E-state index contributed by atoms with van der Waals surface area (Å²) in [6.07, 6.45) is 0.198. The third-order valence-electron chi connectivity index (χ3n) is 4.10. The van der Waals surface area contributed by atoms with Gasteiger partial charge in [-0.25, -0.2) is 4.39 Å². The van der Waals surface area contributed by atoms with E-state index >= 15 is 0 Å². The van der Waals surface area contributed by atoms with Gasteiger partial charge in [-0.15, -0.1) is 0 Å². The molecule has 0 aliphatic heterocycles. The van der Waals surface area contributed by atoms with Crippen LogP contribution in [0.1, 0.15) is 22.8 Å². The number of rotatable bonds is 5. The van der Waals surface area contributed by atoms with E-state index in [0.29, 0.717) is 27.4 Å². The van der Waals surface area contributed by atoms with Gasteiger partial charge in [0.05, 0.1) is 5.56 Å². The molecule has 3 rings (SSSR count). The van der Waals surface area contributed by atoms with Gasteiger partial charge in [-0.1, -0.05) is 54.1 Å². The van der Waals surface area contributed by atoms with Crippen LogP contribution in [0.25, 0.3) is 11.1 Å². The van der Waals surface area contributed by atoms with E-state index < -0.39 is 11.7 Å². The average Bonchev–Trinajstić information content (AvgIpc) is 2.64. The number of benzene rings is 3. The first-order chi connectivity index (χ1) is 13.0. The molecule has 0 atom stereocenters. The summed E-state index contributed by atoms with van der Waals surface area (Å²) in [5.41, 5.74) is 2.06. The molecular formula is C22H17ClFNO2. The fourth-order valence-corrected chi connectivity index (χ4v) is 2.94. The van der Waals surface area contributed by atoms with E-state index in [0.717, 1.165) is 0 Å². The zero-order valence-electron chi connectivity index (χ0n) is 14.6. The lowest BCUT2D eigenvalue weighted by molar-refractivity contribution is -0.116. The second-order valence-corrected chi connectivity index (χ2v) is 6.60. The highest BCUT2D eigenvalue weighted by atomic mass is 35.5. The second-order valence-electron chi connectivity index (χ2n) is 6.16. The lowest BCUT2D eigenvalue weighted by Gasteiger charge is -2.12. The maximum Gasteiger partial charge on any atom is 0.258 e. The second kappa shape index (κ2) is 8.14. The molecule has 0 saturated carbocycles. The summed E-state index contributed by atoms with van der Waals surface area (Å²) in [6, 6.07) is 18.4. The lowest BCUT2D eigenvalue weighted by Crippen LogP contribution is -2.16. The fraction of sp³-hybridized carbons (Fsp3) is 0.0909. The molecule has 27 heavy (non-hydrogen) atoms. The van der Waals surface area contributed by atoms with Crippen LogP contribution in [0.4, 0.5) is 10.1 Å². The van der Waals surface area contributed by atoms with Crippen LogP contribution < -0.4 is 5.32 Å². The summed E-state index contributed by atoms with van der Waals surface area (Å²) in [6.45, 7) is 1.48. The number of carbonyl (C=O) groups excluding carboxylic acids is 2. The minimum atomic E-state index is -0.610. The van der Waals surface area contributed by atoms with Crippen molar-refractivity contribution in [2.24, 2.45) is 0 Å². The molecular weight excluding hydrogens is 365 g/mol. The summed E-state index contributed by atoms with van der Waals surface area (Å²) < 4.78 is 15.0. The normalized spacial score (nSPS) is 10.5. The summed E-state index contributed by atoms with van der Waals surface area (Å²) in [5.74, 6) is -1.20. The molecule has 0 saturated heterocycles. The van der Waals surface area contributed by atoms with Crippen LogP contribution in [0, 0.1) is 5.82 Å². The van der Waals surface area contributed by atoms with Crippen molar-refractivity contribution in [3.8, 4) is 11.1 Å². The third kappa shape index (κ3) is 4.41. The Morgan fingerprint density at radius 2 is 1.67 bits per heavy atom. The number of ketones is 1. The smallest absolute Gasteiger partial charge is 0.258 e. The van der Waals surface area contributed by atoms with Crippen molar-refractivity contribution in [2.75, 3.05) is 5.32 Å². The Morgan fingerprint density at radius 3 is 2.37 bits per heavy atom. The zero-order chi connectivity index (χ0) is 19.4. The average molecular weight is 382 g/mol. The molecule has 0 aromatic heterocycles. The molecule has 0 heterocycles. The number of hydrogen-bond acceptors (Lipinski definition) is 2. The van der Waals surface area contributed by atoms with E-state index in [1.807, 2.05) is 0 Å². The Labute approximate surface area is 161 Å². The van der Waals surface area contributed by atoms with Gasteiger partial charge in [0.15, 0.2) is 0 Å². The van der Waals surface area contributed by atoms with Crippen molar-refractivity contribution in [1.82, 2.24) is 0 Å². The van der Waals surface area contributed by atoms with Crippen LogP contribution in [0.3, 0.4) is 0 Å². The van der Waals surface area contributed by atoms with Gasteiger partial charge in [-0.2, -0.15) is 0 Å². The topological polar surface area (TPSA) is 46.2 Å². The first kappa shape index (κ1) is 18.8. The largest absolute Gasteiger partial charge is 0.322 e. The Kier molecular flexibility index (Phi) is 5.67. The minimum Gasteiger partial charge on any atom is -0.322 e. The number of halogens is 2. The molecule has 1 N–H and O–H groups in total. The first-order valence-corrected chi connectivity index (χ1v) is 8.76. The van der Waals surface area contributed by atoms with Crippen molar-refractivity contribution in [3.63, 3.8) is 0 Å². The molecule has 0 aliphatic rings. The maximum atomic E-state index is 15.0. The summed E-state index contributed by atoms with van der Waals surface area (Å²) in [4.78, 5) is 24.1. The van der Waals surface area contributed by atoms with Crippen LogP contribution in [-0.2, 0) is 11.2 Å². The van der Waals surface area contributed by atoms with Crippen LogP contribution in [-0.4, -0.2) is 11.7 Å². The van der Waals surface area contributed by atoms with E-state index in [2.05, 4.69) is 5.32 Å². The summed E-state index contributed by atoms with van der Waals surface area (Å²) in [7, 11) is 0. The van der Waals surface area contributed by atoms with Gasteiger partial charge in [0.25, 0.3) is 5.91 Å². The SMILES string of the molecule is CC(=O)Cc1ccccc1NC(=O)c1cccc(-c2ccc(Cl)cc2)c1F. The highest BCUT2D eigenvalue weighted by molar-refractivity contribution is 6.30. The van der Waals surface area contributed by atoms with E-state index in [-0.39, 0.29) is 17.8 Å². The monoisotopic (exact) mass is 381 g/mol. The molecule has 0 unspecified atom stereocenters. The highest BCUT2D eigenvalue weighted by Crippen LogP contribution is 2.27. The predicted octanol–water partition coefficient (Wildman–Crippen LogP) is 5.53. The van der Waals surface area contributed by atoms with Crippen LogP contribution in [0.15, 0.2) is 66.7 Å². The lowest BCUT2D eigenvalue weighted by atomic mass is 10.0. The van der Waals surface area contributed by atoms with Crippen LogP contribution >= 0.6 is 11.6 Å². The number of nitrogens with one attached hydrogen (secondary N) is 1. The molecule has 3 aromatic carbocycles. The van der Waals surface area contributed by atoms with Crippen molar-refractivity contribution < 1.29 is 14.0 Å². The quantitative estimate of drug-likeness (QED) is 0.631. The van der Waals surface area contributed by atoms with Crippen molar-refractivity contribution in [2.45, 2.75) is 13.3 Å². The number of para-hydroxylation sites is 1. The molecule has 0 fully saturated rings. The molecule has 0 aliphatic carbocycles. The van der Waals surface area contributed by atoms with Gasteiger partial charge >= 0.3 is 0 Å². The molecule has 136 valence electrons. The van der Waals surface area contributed by atoms with Gasteiger partial charge in [0.2, 0.25) is 0 Å². The Bertz CT molecular complexity index is 999. The van der Waals surface area contributed by atoms with Crippen molar-refractivity contribution in [1.29, 1.82) is 0 Å². The summed E-state index contributed by atoms with van der Waals surface area (Å²) >= 11 is 5.88. The standard InChI is InChI=1S/C22H17ClFNO2/c1-14(26)13-16-5-2-3-8-20(16)25-22(27)19-7-4-6-18(21(19)24)15-9-11-17(23)12-10-15/h2-12H,13H2,1H3,(H,25,27). The van der Waals surface area contributed by atoms with Gasteiger partial charge in [0, 0.05) is 22.7 Å². The van der Waals surface area contributed by atoms with Crippen molar-refractivity contribution >= 4 is 29.0 Å². The molecule has 5 heteroatoms. The number of amides is 1. The Morgan fingerprint density at radius 1 is 0.963 bits per heavy atom. The molecule has 0 spiro atoms.